The number of hydrogen-bond donors (Lipinski definition) is 1. The summed E-state index contributed by atoms with van der Waals surface area (Å²) in [7, 11) is -3.81. The molecule has 0 saturated heterocycles. The smallest absolute Gasteiger partial charge is 0.262 e. The molecule has 0 aromatic heterocycles. The van der Waals surface area contributed by atoms with Gasteiger partial charge in [0, 0.05) is 23.6 Å². The third-order valence-electron chi connectivity index (χ3n) is 3.80. The van der Waals surface area contributed by atoms with E-state index in [0.717, 1.165) is 4.90 Å². The van der Waals surface area contributed by atoms with Gasteiger partial charge in [-0.2, -0.15) is 0 Å². The monoisotopic (exact) mass is 396 g/mol. The molecule has 2 aromatic carbocycles. The molecule has 1 N–H and O–H groups in total. The zero-order valence-electron chi connectivity index (χ0n) is 13.7. The average Bonchev–Trinajstić information content (AvgIpc) is 2.55. The number of rotatable bonds is 3. The van der Waals surface area contributed by atoms with Crippen molar-refractivity contribution in [3.63, 3.8) is 0 Å². The summed E-state index contributed by atoms with van der Waals surface area (Å²) in [6, 6.07) is 11.5. The molecule has 0 bridgehead atoms. The minimum Gasteiger partial charge on any atom is -0.310 e. The maximum atomic E-state index is 12.7. The number of carbonyl (C=O) groups is 1. The Morgan fingerprint density at radius 2 is 2.00 bits per heavy atom. The number of anilines is 2. The highest BCUT2D eigenvalue weighted by atomic mass is 35.5. The van der Waals surface area contributed by atoms with E-state index in [-0.39, 0.29) is 16.1 Å². The Labute approximate surface area is 156 Å². The topological polar surface area (TPSA) is 66.5 Å². The quantitative estimate of drug-likeness (QED) is 0.851. The molecule has 1 heterocycles. The van der Waals surface area contributed by atoms with Crippen molar-refractivity contribution in [3.05, 3.63) is 47.5 Å². The van der Waals surface area contributed by atoms with Crippen LogP contribution in [0, 0.1) is 0 Å². The minimum atomic E-state index is -3.81. The second-order valence-electron chi connectivity index (χ2n) is 5.77. The Bertz CT molecular complexity index is 931. The second-order valence-corrected chi connectivity index (χ2v) is 9.34. The Morgan fingerprint density at radius 3 is 2.68 bits per heavy atom. The molecular formula is C17H17ClN2O3S2. The van der Waals surface area contributed by atoms with Gasteiger partial charge >= 0.3 is 0 Å². The maximum Gasteiger partial charge on any atom is 0.262 e. The molecule has 8 heteroatoms. The van der Waals surface area contributed by atoms with Gasteiger partial charge in [0.15, 0.2) is 0 Å². The first-order valence-corrected chi connectivity index (χ1v) is 10.4. The van der Waals surface area contributed by atoms with Crippen molar-refractivity contribution in [2.24, 2.45) is 0 Å². The second kappa shape index (κ2) is 6.90. The molecule has 1 aliphatic heterocycles. The standard InChI is InChI=1S/C17H17ClN2O3S2/c1-11-10-20(12(2)21)16-9-13(7-8-17(16)24-11)25(22,23)19-15-6-4-3-5-14(15)18/h3-9,11,19H,10H2,1-2H3/t11-/m0/s1. The fraction of sp³-hybridized carbons (Fsp3) is 0.235. The predicted octanol–water partition coefficient (Wildman–Crippen LogP) is 3.99. The molecule has 0 spiro atoms. The van der Waals surface area contributed by atoms with Crippen LogP contribution in [0.1, 0.15) is 13.8 Å². The summed E-state index contributed by atoms with van der Waals surface area (Å²) in [6.07, 6.45) is 0. The van der Waals surface area contributed by atoms with Crippen LogP contribution in [0.5, 0.6) is 0 Å². The number of nitrogens with zero attached hydrogens (tertiary/aromatic N) is 1. The van der Waals surface area contributed by atoms with Gasteiger partial charge in [-0.1, -0.05) is 30.7 Å². The fourth-order valence-corrected chi connectivity index (χ4v) is 5.06. The Hall–Kier alpha value is -1.70. The van der Waals surface area contributed by atoms with E-state index in [1.165, 1.54) is 13.0 Å². The van der Waals surface area contributed by atoms with Crippen LogP contribution in [-0.2, 0) is 14.8 Å². The van der Waals surface area contributed by atoms with Gasteiger partial charge in [-0.15, -0.1) is 11.8 Å². The molecule has 0 fully saturated rings. The number of hydrogen-bond acceptors (Lipinski definition) is 4. The molecule has 0 radical (unpaired) electrons. The van der Waals surface area contributed by atoms with Crippen molar-refractivity contribution in [1.82, 2.24) is 0 Å². The van der Waals surface area contributed by atoms with Crippen LogP contribution >= 0.6 is 23.4 Å². The van der Waals surface area contributed by atoms with Gasteiger partial charge in [0.2, 0.25) is 5.91 Å². The summed E-state index contributed by atoms with van der Waals surface area (Å²) >= 11 is 7.66. The molecule has 5 nitrogen and oxygen atoms in total. The third kappa shape index (κ3) is 3.78. The molecule has 2 aromatic rings. The SMILES string of the molecule is CC(=O)N1C[C@H](C)Sc2ccc(S(=O)(=O)Nc3ccccc3Cl)cc21. The van der Waals surface area contributed by atoms with E-state index in [1.807, 2.05) is 6.92 Å². The summed E-state index contributed by atoms with van der Waals surface area (Å²) in [4.78, 5) is 14.5. The first-order chi connectivity index (χ1) is 11.8. The zero-order valence-corrected chi connectivity index (χ0v) is 16.1. The third-order valence-corrected chi connectivity index (χ3v) is 6.64. The van der Waals surface area contributed by atoms with Gasteiger partial charge in [-0.05, 0) is 30.3 Å². The number of sulfonamides is 1. The number of thioether (sulfide) groups is 1. The lowest BCUT2D eigenvalue weighted by Crippen LogP contribution is -2.37. The highest BCUT2D eigenvalue weighted by Gasteiger charge is 2.27. The molecule has 0 saturated carbocycles. The fourth-order valence-electron chi connectivity index (χ4n) is 2.63. The minimum absolute atomic E-state index is 0.0903. The van der Waals surface area contributed by atoms with Gasteiger partial charge in [0.05, 0.1) is 21.3 Å². The van der Waals surface area contributed by atoms with Crippen molar-refractivity contribution in [3.8, 4) is 0 Å². The Kier molecular flexibility index (Phi) is 4.99. The first kappa shape index (κ1) is 18.1. The molecule has 0 unspecified atom stereocenters. The van der Waals surface area contributed by atoms with Gasteiger partial charge in [0.1, 0.15) is 0 Å². The van der Waals surface area contributed by atoms with Crippen LogP contribution in [-0.4, -0.2) is 26.1 Å². The van der Waals surface area contributed by atoms with Crippen molar-refractivity contribution < 1.29 is 13.2 Å². The molecule has 1 aliphatic rings. The van der Waals surface area contributed by atoms with Crippen LogP contribution in [0.3, 0.4) is 0 Å². The molecule has 0 aliphatic carbocycles. The number of benzene rings is 2. The van der Waals surface area contributed by atoms with Crippen molar-refractivity contribution in [1.29, 1.82) is 0 Å². The molecule has 1 atom stereocenters. The maximum absolute atomic E-state index is 12.7. The van der Waals surface area contributed by atoms with E-state index in [1.54, 1.807) is 53.1 Å². The largest absolute Gasteiger partial charge is 0.310 e. The van der Waals surface area contributed by atoms with Crippen molar-refractivity contribution in [2.45, 2.75) is 28.9 Å². The lowest BCUT2D eigenvalue weighted by atomic mass is 10.2. The summed E-state index contributed by atoms with van der Waals surface area (Å²) < 4.78 is 27.9. The molecule has 1 amide bonds. The first-order valence-electron chi connectivity index (χ1n) is 7.64. The van der Waals surface area contributed by atoms with E-state index in [0.29, 0.717) is 22.9 Å². The van der Waals surface area contributed by atoms with E-state index in [4.69, 9.17) is 11.6 Å². The van der Waals surface area contributed by atoms with Gasteiger partial charge in [-0.3, -0.25) is 9.52 Å². The molecule has 132 valence electrons. The van der Waals surface area contributed by atoms with E-state index < -0.39 is 10.0 Å². The van der Waals surface area contributed by atoms with Crippen LogP contribution < -0.4 is 9.62 Å². The normalized spacial score (nSPS) is 17.1. The highest BCUT2D eigenvalue weighted by molar-refractivity contribution is 8.00. The molecular weight excluding hydrogens is 380 g/mol. The van der Waals surface area contributed by atoms with Crippen LogP contribution in [0.15, 0.2) is 52.3 Å². The lowest BCUT2D eigenvalue weighted by molar-refractivity contribution is -0.116. The Balaban J connectivity index is 2.00. The summed E-state index contributed by atoms with van der Waals surface area (Å²) in [5.41, 5.74) is 0.936. The van der Waals surface area contributed by atoms with E-state index in [2.05, 4.69) is 4.72 Å². The van der Waals surface area contributed by atoms with Gasteiger partial charge < -0.3 is 4.90 Å². The number of carbonyl (C=O) groups excluding carboxylic acids is 1. The van der Waals surface area contributed by atoms with E-state index >= 15 is 0 Å². The average molecular weight is 397 g/mol. The number of halogens is 1. The highest BCUT2D eigenvalue weighted by Crippen LogP contribution is 2.40. The van der Waals surface area contributed by atoms with Crippen LogP contribution in [0.2, 0.25) is 5.02 Å². The van der Waals surface area contributed by atoms with Crippen LogP contribution in [0.25, 0.3) is 0 Å². The zero-order chi connectivity index (χ0) is 18.2. The number of fused-ring (bicyclic) bond motifs is 1. The van der Waals surface area contributed by atoms with Gasteiger partial charge in [0.25, 0.3) is 10.0 Å². The van der Waals surface area contributed by atoms with Gasteiger partial charge in [-0.25, -0.2) is 8.42 Å². The number of amides is 1. The van der Waals surface area contributed by atoms with Crippen molar-refractivity contribution in [2.75, 3.05) is 16.2 Å². The molecule has 25 heavy (non-hydrogen) atoms. The van der Waals surface area contributed by atoms with E-state index in [9.17, 15) is 13.2 Å². The van der Waals surface area contributed by atoms with Crippen molar-refractivity contribution >= 4 is 50.7 Å². The summed E-state index contributed by atoms with van der Waals surface area (Å²) in [5.74, 6) is -0.109. The summed E-state index contributed by atoms with van der Waals surface area (Å²) in [5, 5.41) is 0.568. The van der Waals surface area contributed by atoms with Crippen LogP contribution in [0.4, 0.5) is 11.4 Å². The number of para-hydroxylation sites is 1. The predicted molar refractivity (Wildman–Crippen MR) is 102 cm³/mol. The summed E-state index contributed by atoms with van der Waals surface area (Å²) in [6.45, 7) is 4.07. The lowest BCUT2D eigenvalue weighted by Gasteiger charge is -2.32. The Morgan fingerprint density at radius 1 is 1.28 bits per heavy atom. The molecule has 3 rings (SSSR count). The number of nitrogens with one attached hydrogen (secondary N) is 1.